The molecule has 3 aliphatic rings. The lowest BCUT2D eigenvalue weighted by molar-refractivity contribution is -0.137. The lowest BCUT2D eigenvalue weighted by Crippen LogP contribution is -2.43. The first-order valence-corrected chi connectivity index (χ1v) is 21.8. The number of rotatable bonds is 11. The molecule has 2 fully saturated rings. The molecule has 56 heavy (non-hydrogen) atoms. The molecule has 0 spiro atoms. The summed E-state index contributed by atoms with van der Waals surface area (Å²) in [6, 6.07) is 2.91. The van der Waals surface area contributed by atoms with E-state index >= 15 is 13.2 Å². The van der Waals surface area contributed by atoms with E-state index in [4.69, 9.17) is 14.5 Å². The van der Waals surface area contributed by atoms with E-state index in [1.54, 1.807) is 18.9 Å². The Kier molecular flexibility index (Phi) is 11.5. The van der Waals surface area contributed by atoms with Gasteiger partial charge in [-0.15, -0.1) is 9.24 Å². The van der Waals surface area contributed by atoms with Crippen molar-refractivity contribution >= 4 is 54.9 Å². The van der Waals surface area contributed by atoms with E-state index in [9.17, 15) is 17.6 Å². The van der Waals surface area contributed by atoms with Crippen molar-refractivity contribution in [3.8, 4) is 23.1 Å². The van der Waals surface area contributed by atoms with Gasteiger partial charge in [0, 0.05) is 38.1 Å². The summed E-state index contributed by atoms with van der Waals surface area (Å²) >= 11 is 0. The third-order valence-electron chi connectivity index (χ3n) is 11.0. The molecule has 3 aliphatic heterocycles. The van der Waals surface area contributed by atoms with Gasteiger partial charge < -0.3 is 23.7 Å². The van der Waals surface area contributed by atoms with Crippen molar-refractivity contribution in [3.63, 3.8) is 0 Å². The molecule has 2 saturated heterocycles. The Morgan fingerprint density at radius 2 is 1.88 bits per heavy atom. The summed E-state index contributed by atoms with van der Waals surface area (Å²) in [5.41, 5.74) is -6.08. The summed E-state index contributed by atoms with van der Waals surface area (Å²) in [6.07, 6.45) is -2.38. The minimum atomic E-state index is -5.31. The number of hydrogen-bond donors (Lipinski definition) is 0. The highest BCUT2D eigenvalue weighted by atomic mass is 31.1. The zero-order chi connectivity index (χ0) is 40.3. The normalized spacial score (nSPS) is 20.7. The highest BCUT2D eigenvalue weighted by Crippen LogP contribution is 2.50. The molecular weight excluding hydrogens is 802 g/mol. The predicted octanol–water partition coefficient (Wildman–Crippen LogP) is 8.27. The zero-order valence-corrected chi connectivity index (χ0v) is 34.5. The van der Waals surface area contributed by atoms with Gasteiger partial charge >= 0.3 is 12.2 Å². The average molecular weight is 845 g/mol. The van der Waals surface area contributed by atoms with Crippen LogP contribution in [0.1, 0.15) is 48.9 Å². The highest BCUT2D eigenvalue weighted by Gasteiger charge is 2.50. The number of aromatic nitrogens is 4. The third kappa shape index (κ3) is 6.98. The predicted molar refractivity (Wildman–Crippen MR) is 210 cm³/mol. The van der Waals surface area contributed by atoms with Crippen LogP contribution in [0.2, 0.25) is 0 Å². The lowest BCUT2D eigenvalue weighted by atomic mass is 9.95. The van der Waals surface area contributed by atoms with E-state index in [0.717, 1.165) is 23.6 Å². The van der Waals surface area contributed by atoms with Gasteiger partial charge in [-0.2, -0.15) is 23.1 Å². The molecule has 7 rings (SSSR count). The number of pyridine rings is 2. The molecule has 3 aromatic heterocycles. The Morgan fingerprint density at radius 3 is 2.57 bits per heavy atom. The molecule has 4 aromatic rings. The summed E-state index contributed by atoms with van der Waals surface area (Å²) in [5.74, 6) is -3.97. The Bertz CT molecular complexity index is 2150. The quantitative estimate of drug-likeness (QED) is 0.109. The van der Waals surface area contributed by atoms with Crippen LogP contribution in [0.25, 0.3) is 22.2 Å². The van der Waals surface area contributed by atoms with Crippen LogP contribution in [-0.4, -0.2) is 96.1 Å². The zero-order valence-electron chi connectivity index (χ0n) is 31.4. The molecule has 0 amide bonds. The molecule has 0 aliphatic carbocycles. The standard InChI is InChI=1S/C36H42F7N8O2P3/c1-18-24(36(41,42)43)22(26(39)30(25(18)38)48(3)55-4)28-27(40)29-23-32(47-34(46-29)53-16-35-9-7-11-49(35)15-20(37)14-35)50(12-13-52-33(23)45-28)19(2)21-8-6-10-44-31(21)51(17-54)56-5/h6,8,10,19-20,55-56H,7,9,11-17,54H2,1-5H3/t19-,20-,35+/m1/s1. The van der Waals surface area contributed by atoms with Crippen molar-refractivity contribution in [2.24, 2.45) is 0 Å². The number of alkyl halides is 4. The van der Waals surface area contributed by atoms with Crippen LogP contribution in [0.3, 0.4) is 0 Å². The number of fused-ring (bicyclic) bond motifs is 1. The van der Waals surface area contributed by atoms with E-state index in [0.29, 0.717) is 33.8 Å². The molecule has 3 unspecified atom stereocenters. The maximum absolute atomic E-state index is 17.3. The summed E-state index contributed by atoms with van der Waals surface area (Å²) in [5, 5.41) is -0.0702. The van der Waals surface area contributed by atoms with Crippen LogP contribution < -0.4 is 23.7 Å². The van der Waals surface area contributed by atoms with Crippen LogP contribution in [0, 0.1) is 24.4 Å². The number of hydrogen-bond acceptors (Lipinski definition) is 10. The second-order valence-electron chi connectivity index (χ2n) is 14.1. The molecule has 0 radical (unpaired) electrons. The number of halogens is 7. The second-order valence-corrected chi connectivity index (χ2v) is 16.6. The maximum Gasteiger partial charge on any atom is 0.417 e. The number of anilines is 3. The first kappa shape index (κ1) is 40.8. The number of nitrogens with zero attached hydrogens (tertiary/aromatic N) is 8. The van der Waals surface area contributed by atoms with Crippen LogP contribution in [-0.2, 0) is 6.18 Å². The van der Waals surface area contributed by atoms with Crippen molar-refractivity contribution in [2.75, 3.05) is 73.8 Å². The molecular formula is C36H42F7N8O2P3. The Morgan fingerprint density at radius 1 is 1.11 bits per heavy atom. The van der Waals surface area contributed by atoms with Crippen LogP contribution >= 0.6 is 26.7 Å². The summed E-state index contributed by atoms with van der Waals surface area (Å²) < 4.78 is 124. The molecule has 0 saturated carbocycles. The lowest BCUT2D eigenvalue weighted by Gasteiger charge is -2.33. The maximum atomic E-state index is 17.3. The van der Waals surface area contributed by atoms with Crippen LogP contribution in [0.4, 0.5) is 48.1 Å². The molecule has 6 heterocycles. The number of ether oxygens (including phenoxy) is 2. The summed E-state index contributed by atoms with van der Waals surface area (Å²) in [7, 11) is 4.14. The van der Waals surface area contributed by atoms with Crippen molar-refractivity contribution in [2.45, 2.75) is 57.0 Å². The van der Waals surface area contributed by atoms with E-state index < -0.39 is 75.0 Å². The van der Waals surface area contributed by atoms with Gasteiger partial charge in [0.25, 0.3) is 0 Å². The van der Waals surface area contributed by atoms with Crippen LogP contribution in [0.15, 0.2) is 18.3 Å². The Hall–Kier alpha value is -3.38. The van der Waals surface area contributed by atoms with Gasteiger partial charge in [0.1, 0.15) is 53.3 Å². The fourth-order valence-electron chi connectivity index (χ4n) is 8.21. The fourth-order valence-corrected chi connectivity index (χ4v) is 9.93. The fraction of sp³-hybridized carbons (Fsp3) is 0.500. The molecule has 20 heteroatoms. The van der Waals surface area contributed by atoms with Gasteiger partial charge in [-0.1, -0.05) is 6.07 Å². The second kappa shape index (κ2) is 15.8. The van der Waals surface area contributed by atoms with E-state index in [1.807, 2.05) is 29.5 Å². The van der Waals surface area contributed by atoms with Crippen molar-refractivity contribution < 1.29 is 40.2 Å². The average Bonchev–Trinajstić information content (AvgIpc) is 3.63. The first-order chi connectivity index (χ1) is 26.6. The largest absolute Gasteiger partial charge is 0.475 e. The minimum absolute atomic E-state index is 0.0262. The molecule has 302 valence electrons. The molecule has 1 aromatic carbocycles. The van der Waals surface area contributed by atoms with Crippen molar-refractivity contribution in [1.29, 1.82) is 0 Å². The van der Waals surface area contributed by atoms with Gasteiger partial charge in [-0.3, -0.25) is 4.90 Å². The van der Waals surface area contributed by atoms with Crippen LogP contribution in [0.5, 0.6) is 11.9 Å². The van der Waals surface area contributed by atoms with E-state index in [-0.39, 0.29) is 64.6 Å². The number of benzene rings is 1. The van der Waals surface area contributed by atoms with Gasteiger partial charge in [0.05, 0.1) is 29.3 Å². The van der Waals surface area contributed by atoms with Crippen molar-refractivity contribution in [3.05, 3.63) is 52.5 Å². The molecule has 0 N–H and O–H groups in total. The van der Waals surface area contributed by atoms with E-state index in [1.165, 1.54) is 7.05 Å². The topological polar surface area (TPSA) is 83.0 Å². The van der Waals surface area contributed by atoms with Gasteiger partial charge in [-0.25, -0.2) is 27.5 Å². The summed E-state index contributed by atoms with van der Waals surface area (Å²) in [4.78, 5) is 21.9. The third-order valence-corrected chi connectivity index (χ3v) is 13.6. The Balaban J connectivity index is 1.47. The van der Waals surface area contributed by atoms with Gasteiger partial charge in [0.2, 0.25) is 5.88 Å². The van der Waals surface area contributed by atoms with Crippen molar-refractivity contribution in [1.82, 2.24) is 24.8 Å². The smallest absolute Gasteiger partial charge is 0.417 e. The molecule has 6 atom stereocenters. The monoisotopic (exact) mass is 844 g/mol. The van der Waals surface area contributed by atoms with Gasteiger partial charge in [0.15, 0.2) is 17.5 Å². The SMILES string of the molecule is CPN(C)c1c(F)c(C)c(C(F)(F)F)c(-c2nc3c4c(nc(OC[C@@]56CCCN5C[C@H](F)C6)nc4c2F)N([C@H](C)c2cccnc2N(CP)PC)CCO3)c1F. The molecule has 0 bridgehead atoms. The first-order valence-electron chi connectivity index (χ1n) is 18.1. The Labute approximate surface area is 325 Å². The van der Waals surface area contributed by atoms with E-state index in [2.05, 4.69) is 28.9 Å². The highest BCUT2D eigenvalue weighted by molar-refractivity contribution is 7.40. The molecule has 10 nitrogen and oxygen atoms in total. The minimum Gasteiger partial charge on any atom is -0.475 e. The summed E-state index contributed by atoms with van der Waals surface area (Å²) in [6.45, 7) is 7.36. The van der Waals surface area contributed by atoms with Gasteiger partial charge in [-0.05, 0) is 75.7 Å².